The van der Waals surface area contributed by atoms with Crippen molar-refractivity contribution in [1.82, 2.24) is 9.29 Å². The number of nitrogens with zero attached hydrogens (tertiary/aromatic N) is 4. The molecule has 0 unspecified atom stereocenters. The van der Waals surface area contributed by atoms with Crippen LogP contribution in [0.15, 0.2) is 50.5 Å². The number of H-pyrrole nitrogens is 1. The van der Waals surface area contributed by atoms with Crippen LogP contribution in [0, 0.1) is 11.3 Å². The van der Waals surface area contributed by atoms with E-state index in [1.807, 2.05) is 24.3 Å². The van der Waals surface area contributed by atoms with Crippen LogP contribution < -0.4 is 9.30 Å². The Balaban J connectivity index is 1.56. The molecule has 33 heavy (non-hydrogen) atoms. The van der Waals surface area contributed by atoms with Gasteiger partial charge >= 0.3 is 0 Å². The van der Waals surface area contributed by atoms with Crippen LogP contribution in [0.25, 0.3) is 16.7 Å². The largest absolute Gasteiger partial charge is 0.289 e. The number of pyridine rings is 1. The maximum Gasteiger partial charge on any atom is 0.252 e. The van der Waals surface area contributed by atoms with E-state index < -0.39 is 10.0 Å². The lowest BCUT2D eigenvalue weighted by Crippen LogP contribution is -2.51. The summed E-state index contributed by atoms with van der Waals surface area (Å²) in [5, 5.41) is 9.95. The number of benzene rings is 1. The minimum atomic E-state index is -3.51. The molecule has 0 aliphatic carbocycles. The van der Waals surface area contributed by atoms with E-state index in [1.54, 1.807) is 16.4 Å². The number of para-hydroxylation sites is 2. The second-order valence-electron chi connectivity index (χ2n) is 8.38. The van der Waals surface area contributed by atoms with Crippen molar-refractivity contribution in [2.45, 2.75) is 24.0 Å². The zero-order chi connectivity index (χ0) is 23.3. The number of piperazine rings is 1. The predicted molar refractivity (Wildman–Crippen MR) is 133 cm³/mol. The fourth-order valence-corrected chi connectivity index (χ4v) is 8.02. The minimum absolute atomic E-state index is 0.175. The Kier molecular flexibility index (Phi) is 5.69. The van der Waals surface area contributed by atoms with Crippen LogP contribution in [0.1, 0.15) is 30.9 Å². The normalized spacial score (nSPS) is 15.5. The molecule has 1 aliphatic heterocycles. The molecule has 1 saturated heterocycles. The predicted octanol–water partition coefficient (Wildman–Crippen LogP) is 4.24. The number of rotatable bonds is 4. The number of imidazole rings is 1. The summed E-state index contributed by atoms with van der Waals surface area (Å²) in [6.07, 6.45) is 0. The van der Waals surface area contributed by atoms with E-state index in [0.29, 0.717) is 36.0 Å². The van der Waals surface area contributed by atoms with Crippen LogP contribution >= 0.6 is 27.3 Å². The van der Waals surface area contributed by atoms with Gasteiger partial charge in [-0.1, -0.05) is 26.0 Å². The fraction of sp³-hybridized carbons (Fsp3) is 0.304. The molecule has 5 rings (SSSR count). The summed E-state index contributed by atoms with van der Waals surface area (Å²) in [6, 6.07) is 15.9. The molecule has 3 aromatic heterocycles. The van der Waals surface area contributed by atoms with Crippen molar-refractivity contribution < 1.29 is 12.8 Å². The summed E-state index contributed by atoms with van der Waals surface area (Å²) in [6.45, 7) is 6.11. The molecule has 0 bridgehead atoms. The van der Waals surface area contributed by atoms with E-state index in [-0.39, 0.29) is 5.92 Å². The van der Waals surface area contributed by atoms with Gasteiger partial charge in [-0.3, -0.25) is 9.88 Å². The summed E-state index contributed by atoms with van der Waals surface area (Å²) < 4.78 is 31.0. The zero-order valence-electron chi connectivity index (χ0n) is 18.2. The maximum absolute atomic E-state index is 13.1. The summed E-state index contributed by atoms with van der Waals surface area (Å²) in [5.41, 5.74) is 4.36. The average Bonchev–Trinajstić information content (AvgIpc) is 3.42. The number of hydrogen-bond acceptors (Lipinski definition) is 5. The maximum atomic E-state index is 13.1. The third kappa shape index (κ3) is 3.73. The standard InChI is InChI=1S/C23H22BrN5O2S2/c1-15(2)16-13-21(29-19-6-4-3-5-18(19)26-23(29)17(16)14-25)27-9-11-28(12-10-27)33(30,31)22-8-7-20(24)32-22/h3-8,13,15H,9-12H2,1-2H3/p+1. The van der Waals surface area contributed by atoms with Gasteiger partial charge in [0.1, 0.15) is 26.9 Å². The van der Waals surface area contributed by atoms with Gasteiger partial charge < -0.3 is 0 Å². The first kappa shape index (κ1) is 22.3. The number of aromatic nitrogens is 2. The SMILES string of the molecule is CC(C)c1cc(N2CCN(S(=O)(=O)c3ccc(Br)s3)CC2)[n+]2c([nH]c3ccccc32)c1C#N. The number of fused-ring (bicyclic) bond motifs is 3. The van der Waals surface area contributed by atoms with Gasteiger partial charge in [0.05, 0.1) is 16.9 Å². The van der Waals surface area contributed by atoms with Gasteiger partial charge in [0.25, 0.3) is 10.0 Å². The Morgan fingerprint density at radius 2 is 1.88 bits per heavy atom. The highest BCUT2D eigenvalue weighted by molar-refractivity contribution is 9.11. The van der Waals surface area contributed by atoms with E-state index in [9.17, 15) is 13.7 Å². The molecule has 4 heterocycles. The number of nitriles is 1. The quantitative estimate of drug-likeness (QED) is 0.389. The second kappa shape index (κ2) is 8.40. The first-order chi connectivity index (χ1) is 15.8. The smallest absolute Gasteiger partial charge is 0.252 e. The number of thiophene rings is 1. The first-order valence-electron chi connectivity index (χ1n) is 10.7. The van der Waals surface area contributed by atoms with Crippen molar-refractivity contribution in [3.8, 4) is 6.07 Å². The third-order valence-corrected chi connectivity index (χ3v) is 10.1. The Labute approximate surface area is 205 Å². The van der Waals surface area contributed by atoms with Crippen molar-refractivity contribution in [1.29, 1.82) is 5.26 Å². The highest BCUT2D eigenvalue weighted by Gasteiger charge is 2.34. The van der Waals surface area contributed by atoms with Crippen LogP contribution in [-0.4, -0.2) is 43.9 Å². The number of sulfonamides is 1. The summed E-state index contributed by atoms with van der Waals surface area (Å²) >= 11 is 4.59. The molecule has 0 saturated carbocycles. The second-order valence-corrected chi connectivity index (χ2v) is 13.0. The van der Waals surface area contributed by atoms with Gasteiger partial charge in [0.2, 0.25) is 11.5 Å². The molecule has 7 nitrogen and oxygen atoms in total. The van der Waals surface area contributed by atoms with E-state index >= 15 is 0 Å². The highest BCUT2D eigenvalue weighted by atomic mass is 79.9. The number of halogens is 1. The Morgan fingerprint density at radius 3 is 2.52 bits per heavy atom. The lowest BCUT2D eigenvalue weighted by atomic mass is 9.98. The van der Waals surface area contributed by atoms with E-state index in [2.05, 4.69) is 56.2 Å². The Bertz CT molecular complexity index is 1510. The number of hydrogen-bond donors (Lipinski definition) is 1. The number of nitrogens with one attached hydrogen (secondary N) is 1. The molecule has 0 atom stereocenters. The van der Waals surface area contributed by atoms with Crippen LogP contribution in [-0.2, 0) is 10.0 Å². The van der Waals surface area contributed by atoms with E-state index in [1.165, 1.54) is 11.3 Å². The molecule has 1 N–H and O–H groups in total. The summed E-state index contributed by atoms with van der Waals surface area (Å²) in [5.74, 6) is 1.15. The molecule has 1 aliphatic rings. The van der Waals surface area contributed by atoms with Crippen molar-refractivity contribution in [3.05, 3.63) is 57.4 Å². The first-order valence-corrected chi connectivity index (χ1v) is 13.8. The zero-order valence-corrected chi connectivity index (χ0v) is 21.5. The molecule has 170 valence electrons. The molecule has 4 aromatic rings. The lowest BCUT2D eigenvalue weighted by molar-refractivity contribution is -0.467. The van der Waals surface area contributed by atoms with E-state index in [4.69, 9.17) is 0 Å². The average molecular weight is 546 g/mol. The topological polar surface area (TPSA) is 84.3 Å². The summed E-state index contributed by atoms with van der Waals surface area (Å²) in [4.78, 5) is 5.65. The fourth-order valence-electron chi connectivity index (χ4n) is 4.43. The van der Waals surface area contributed by atoms with Crippen LogP contribution in [0.3, 0.4) is 0 Å². The molecule has 10 heteroatoms. The van der Waals surface area contributed by atoms with Crippen LogP contribution in [0.2, 0.25) is 0 Å². The van der Waals surface area contributed by atoms with Gasteiger partial charge in [0, 0.05) is 19.2 Å². The Hall–Kier alpha value is -2.45. The number of anilines is 1. The molecular formula is C23H23BrN5O2S2+. The van der Waals surface area contributed by atoms with Crippen molar-refractivity contribution in [3.63, 3.8) is 0 Å². The molecule has 0 radical (unpaired) electrons. The minimum Gasteiger partial charge on any atom is -0.289 e. The van der Waals surface area contributed by atoms with Gasteiger partial charge in [-0.05, 0) is 51.7 Å². The van der Waals surface area contributed by atoms with Gasteiger partial charge in [-0.15, -0.1) is 11.3 Å². The van der Waals surface area contributed by atoms with Crippen LogP contribution in [0.5, 0.6) is 0 Å². The Morgan fingerprint density at radius 1 is 1.15 bits per heavy atom. The lowest BCUT2D eigenvalue weighted by Gasteiger charge is -2.32. The van der Waals surface area contributed by atoms with Gasteiger partial charge in [0.15, 0.2) is 0 Å². The molecule has 0 amide bonds. The molecular weight excluding hydrogens is 522 g/mol. The van der Waals surface area contributed by atoms with Gasteiger partial charge in [-0.25, -0.2) is 8.42 Å². The molecule has 1 fully saturated rings. The number of aromatic amines is 1. The third-order valence-electron chi connectivity index (χ3n) is 6.10. The van der Waals surface area contributed by atoms with Crippen molar-refractivity contribution in [2.75, 3.05) is 31.1 Å². The highest BCUT2D eigenvalue weighted by Crippen LogP contribution is 2.31. The van der Waals surface area contributed by atoms with Gasteiger partial charge in [-0.2, -0.15) is 14.0 Å². The van der Waals surface area contributed by atoms with E-state index in [0.717, 1.165) is 31.8 Å². The molecule has 1 aromatic carbocycles. The van der Waals surface area contributed by atoms with Crippen molar-refractivity contribution in [2.24, 2.45) is 0 Å². The summed E-state index contributed by atoms with van der Waals surface area (Å²) in [7, 11) is -3.51. The monoisotopic (exact) mass is 544 g/mol. The van der Waals surface area contributed by atoms with Crippen molar-refractivity contribution >= 4 is 59.8 Å². The molecule has 0 spiro atoms. The van der Waals surface area contributed by atoms with Crippen LogP contribution in [0.4, 0.5) is 5.82 Å².